The first kappa shape index (κ1) is 23.1. The average Bonchev–Trinajstić information content (AvgIpc) is 3.43. The fourth-order valence-corrected chi connectivity index (χ4v) is 4.18. The highest BCUT2D eigenvalue weighted by atomic mass is 79.9. The molecule has 1 atom stereocenters. The van der Waals surface area contributed by atoms with Crippen molar-refractivity contribution in [3.05, 3.63) is 94.1 Å². The maximum atomic E-state index is 14.3. The van der Waals surface area contributed by atoms with Crippen LogP contribution in [0, 0.1) is 11.6 Å². The molecule has 1 aliphatic heterocycles. The van der Waals surface area contributed by atoms with Crippen molar-refractivity contribution in [2.75, 3.05) is 18.9 Å². The standard InChI is InChI=1S/C25H20BrF2N5O2/c26-17-4-9-20(10-5-17)33-30-23(16-1-6-18(27)7-2-16)24(31-33)25-32(22(34)14-35-25)12-11-15-3-8-19(29)13-21(15)28/h1-10,13,25H,11-12,14,29H2/t25-/m1/s1. The molecular weight excluding hydrogens is 520 g/mol. The number of benzene rings is 3. The van der Waals surface area contributed by atoms with Crippen molar-refractivity contribution in [3.63, 3.8) is 0 Å². The Kier molecular flexibility index (Phi) is 6.31. The summed E-state index contributed by atoms with van der Waals surface area (Å²) in [4.78, 5) is 15.7. The first-order valence-electron chi connectivity index (χ1n) is 10.8. The molecule has 1 aliphatic rings. The van der Waals surface area contributed by atoms with Crippen LogP contribution in [0.5, 0.6) is 0 Å². The molecule has 0 spiro atoms. The Morgan fingerprint density at radius 1 is 1.03 bits per heavy atom. The van der Waals surface area contributed by atoms with Gasteiger partial charge in [0.2, 0.25) is 0 Å². The van der Waals surface area contributed by atoms with Crippen LogP contribution in [0.25, 0.3) is 16.9 Å². The van der Waals surface area contributed by atoms with Crippen LogP contribution in [-0.4, -0.2) is 39.0 Å². The highest BCUT2D eigenvalue weighted by Gasteiger charge is 2.37. The third-order valence-corrected chi connectivity index (χ3v) is 6.24. The van der Waals surface area contributed by atoms with E-state index in [-0.39, 0.29) is 31.3 Å². The fourth-order valence-electron chi connectivity index (χ4n) is 3.92. The smallest absolute Gasteiger partial charge is 0.251 e. The van der Waals surface area contributed by atoms with E-state index in [2.05, 4.69) is 26.1 Å². The van der Waals surface area contributed by atoms with Gasteiger partial charge in [0, 0.05) is 22.3 Å². The Bertz CT molecular complexity index is 1380. The first-order chi connectivity index (χ1) is 16.9. The number of anilines is 1. The van der Waals surface area contributed by atoms with E-state index in [0.717, 1.165) is 4.47 Å². The molecule has 1 fully saturated rings. The number of nitrogen functional groups attached to an aromatic ring is 1. The number of nitrogens with two attached hydrogens (primary N) is 1. The normalized spacial score (nSPS) is 15.7. The highest BCUT2D eigenvalue weighted by Crippen LogP contribution is 2.34. The average molecular weight is 540 g/mol. The lowest BCUT2D eigenvalue weighted by molar-refractivity contribution is -0.128. The third kappa shape index (κ3) is 4.80. The fraction of sp³-hybridized carbons (Fsp3) is 0.160. The van der Waals surface area contributed by atoms with Crippen LogP contribution in [0.1, 0.15) is 17.5 Å². The van der Waals surface area contributed by atoms with Gasteiger partial charge in [-0.1, -0.05) is 22.0 Å². The van der Waals surface area contributed by atoms with Gasteiger partial charge in [-0.3, -0.25) is 4.79 Å². The SMILES string of the molecule is Nc1ccc(CCN2C(=O)CO[C@@H]2c2nn(-c3ccc(Br)cc3)nc2-c2ccc(F)cc2)c(F)c1. The van der Waals surface area contributed by atoms with Gasteiger partial charge in [0.25, 0.3) is 5.91 Å². The summed E-state index contributed by atoms with van der Waals surface area (Å²) in [5.74, 6) is -1.05. The summed E-state index contributed by atoms with van der Waals surface area (Å²) in [7, 11) is 0. The number of aromatic nitrogens is 3. The van der Waals surface area contributed by atoms with E-state index in [1.165, 1.54) is 27.9 Å². The van der Waals surface area contributed by atoms with Gasteiger partial charge in [0.1, 0.15) is 29.6 Å². The van der Waals surface area contributed by atoms with Crippen LogP contribution < -0.4 is 5.73 Å². The predicted octanol–water partition coefficient (Wildman–Crippen LogP) is 4.66. The molecular formula is C25H20BrF2N5O2. The molecule has 0 unspecified atom stereocenters. The van der Waals surface area contributed by atoms with Crippen LogP contribution in [-0.2, 0) is 16.0 Å². The zero-order valence-corrected chi connectivity index (χ0v) is 20.0. The van der Waals surface area contributed by atoms with Crippen LogP contribution in [0.2, 0.25) is 0 Å². The van der Waals surface area contributed by atoms with Crippen LogP contribution in [0.3, 0.4) is 0 Å². The molecule has 1 aromatic heterocycles. The van der Waals surface area contributed by atoms with E-state index in [4.69, 9.17) is 10.5 Å². The van der Waals surface area contributed by atoms with Crippen molar-refractivity contribution in [2.45, 2.75) is 12.6 Å². The molecule has 0 saturated carbocycles. The Hall–Kier alpha value is -3.63. The number of halogens is 3. The Balaban J connectivity index is 1.51. The zero-order valence-electron chi connectivity index (χ0n) is 18.4. The predicted molar refractivity (Wildman–Crippen MR) is 129 cm³/mol. The second kappa shape index (κ2) is 9.55. The first-order valence-corrected chi connectivity index (χ1v) is 11.6. The molecule has 7 nitrogen and oxygen atoms in total. The summed E-state index contributed by atoms with van der Waals surface area (Å²) in [6.07, 6.45) is -0.562. The van der Waals surface area contributed by atoms with Crippen molar-refractivity contribution < 1.29 is 18.3 Å². The summed E-state index contributed by atoms with van der Waals surface area (Å²) in [6, 6.07) is 17.7. The van der Waals surface area contributed by atoms with Crippen LogP contribution >= 0.6 is 15.9 Å². The number of ether oxygens (including phenoxy) is 1. The van der Waals surface area contributed by atoms with Crippen LogP contribution in [0.4, 0.5) is 14.5 Å². The lowest BCUT2D eigenvalue weighted by Crippen LogP contribution is -2.31. The number of hydrogen-bond acceptors (Lipinski definition) is 5. The molecule has 10 heteroatoms. The number of rotatable bonds is 6. The molecule has 2 heterocycles. The molecule has 5 rings (SSSR count). The van der Waals surface area contributed by atoms with E-state index >= 15 is 0 Å². The minimum absolute atomic E-state index is 0.136. The van der Waals surface area contributed by atoms with Crippen LogP contribution in [0.15, 0.2) is 71.2 Å². The van der Waals surface area contributed by atoms with Crippen molar-refractivity contribution in [3.8, 4) is 16.9 Å². The maximum Gasteiger partial charge on any atom is 0.251 e. The zero-order chi connectivity index (χ0) is 24.5. The Morgan fingerprint density at radius 2 is 1.77 bits per heavy atom. The topological polar surface area (TPSA) is 86.3 Å². The summed E-state index contributed by atoms with van der Waals surface area (Å²) in [5.41, 5.74) is 8.59. The molecule has 178 valence electrons. The van der Waals surface area contributed by atoms with E-state index < -0.39 is 12.0 Å². The third-order valence-electron chi connectivity index (χ3n) is 5.72. The number of nitrogens with zero attached hydrogens (tertiary/aromatic N) is 4. The largest absolute Gasteiger partial charge is 0.399 e. The van der Waals surface area contributed by atoms with E-state index in [9.17, 15) is 13.6 Å². The highest BCUT2D eigenvalue weighted by molar-refractivity contribution is 9.10. The maximum absolute atomic E-state index is 14.3. The molecule has 4 aromatic rings. The van der Waals surface area contributed by atoms with Crippen molar-refractivity contribution >= 4 is 27.5 Å². The van der Waals surface area contributed by atoms with Gasteiger partial charge in [0.05, 0.1) is 5.69 Å². The van der Waals surface area contributed by atoms with Crippen molar-refractivity contribution in [1.82, 2.24) is 19.9 Å². The van der Waals surface area contributed by atoms with Gasteiger partial charge in [-0.25, -0.2) is 8.78 Å². The monoisotopic (exact) mass is 539 g/mol. The van der Waals surface area contributed by atoms with Crippen molar-refractivity contribution in [1.29, 1.82) is 0 Å². The van der Waals surface area contributed by atoms with Gasteiger partial charge >= 0.3 is 0 Å². The lowest BCUT2D eigenvalue weighted by atomic mass is 10.1. The minimum atomic E-state index is -0.830. The molecule has 0 bridgehead atoms. The van der Waals surface area contributed by atoms with Gasteiger partial charge in [-0.05, 0) is 72.6 Å². The second-order valence-corrected chi connectivity index (χ2v) is 8.97. The second-order valence-electron chi connectivity index (χ2n) is 8.06. The van der Waals surface area contributed by atoms with Gasteiger partial charge < -0.3 is 15.4 Å². The Labute approximate surface area is 208 Å². The quantitative estimate of drug-likeness (QED) is 0.360. The van der Waals surface area contributed by atoms with Gasteiger partial charge in [-0.2, -0.15) is 4.80 Å². The number of hydrogen-bond donors (Lipinski definition) is 1. The molecule has 35 heavy (non-hydrogen) atoms. The van der Waals surface area contributed by atoms with Gasteiger partial charge in [-0.15, -0.1) is 10.2 Å². The summed E-state index contributed by atoms with van der Waals surface area (Å²) in [5, 5.41) is 9.28. The molecule has 3 aromatic carbocycles. The molecule has 0 radical (unpaired) electrons. The summed E-state index contributed by atoms with van der Waals surface area (Å²) in [6.45, 7) is 0.0707. The number of carbonyl (C=O) groups is 1. The molecule has 1 amide bonds. The van der Waals surface area contributed by atoms with E-state index in [1.54, 1.807) is 24.3 Å². The lowest BCUT2D eigenvalue weighted by Gasteiger charge is -2.22. The van der Waals surface area contributed by atoms with Gasteiger partial charge in [0.15, 0.2) is 6.23 Å². The molecule has 0 aliphatic carbocycles. The Morgan fingerprint density at radius 3 is 2.49 bits per heavy atom. The van der Waals surface area contributed by atoms with E-state index in [1.807, 2.05) is 24.3 Å². The minimum Gasteiger partial charge on any atom is -0.399 e. The summed E-state index contributed by atoms with van der Waals surface area (Å²) < 4.78 is 34.6. The molecule has 1 saturated heterocycles. The number of amides is 1. The number of carbonyl (C=O) groups excluding carboxylic acids is 1. The van der Waals surface area contributed by atoms with E-state index in [0.29, 0.717) is 33.9 Å². The summed E-state index contributed by atoms with van der Waals surface area (Å²) >= 11 is 3.41. The molecule has 2 N–H and O–H groups in total. The van der Waals surface area contributed by atoms with Crippen molar-refractivity contribution in [2.24, 2.45) is 0 Å².